The van der Waals surface area contributed by atoms with E-state index in [2.05, 4.69) is 0 Å². The van der Waals surface area contributed by atoms with E-state index in [0.717, 1.165) is 11.3 Å². The summed E-state index contributed by atoms with van der Waals surface area (Å²) in [4.78, 5) is 33.6. The van der Waals surface area contributed by atoms with Crippen molar-refractivity contribution in [2.24, 2.45) is 11.8 Å². The highest BCUT2D eigenvalue weighted by Gasteiger charge is 2.52. The van der Waals surface area contributed by atoms with Crippen LogP contribution in [0.5, 0.6) is 0 Å². The lowest BCUT2D eigenvalue weighted by Crippen LogP contribution is -2.47. The molecule has 29 heavy (non-hydrogen) atoms. The van der Waals surface area contributed by atoms with Crippen LogP contribution in [-0.2, 0) is 14.4 Å². The van der Waals surface area contributed by atoms with Crippen LogP contribution in [0.25, 0.3) is 0 Å². The molecular formula is C23H26N2O4. The number of hydrogen-bond donors (Lipinski definition) is 0. The van der Waals surface area contributed by atoms with Gasteiger partial charge in [-0.3, -0.25) is 9.63 Å². The Hall–Kier alpha value is -2.86. The van der Waals surface area contributed by atoms with Gasteiger partial charge in [-0.1, -0.05) is 62.4 Å². The number of amides is 2. The van der Waals surface area contributed by atoms with Crippen molar-refractivity contribution in [1.29, 1.82) is 0 Å². The molecule has 0 spiro atoms. The molecule has 152 valence electrons. The third-order valence-electron chi connectivity index (χ3n) is 5.73. The number of nitrogens with zero attached hydrogens (tertiary/aromatic N) is 2. The number of rotatable bonds is 4. The zero-order chi connectivity index (χ0) is 20.5. The molecule has 2 fully saturated rings. The molecule has 2 heterocycles. The van der Waals surface area contributed by atoms with Crippen LogP contribution in [0.4, 0.5) is 10.5 Å². The van der Waals surface area contributed by atoms with Crippen molar-refractivity contribution < 1.29 is 19.2 Å². The summed E-state index contributed by atoms with van der Waals surface area (Å²) in [6, 6.07) is 18.9. The minimum absolute atomic E-state index is 0.114. The van der Waals surface area contributed by atoms with Crippen LogP contribution in [0.15, 0.2) is 60.7 Å². The monoisotopic (exact) mass is 394 g/mol. The number of cyclic esters (lactones) is 1. The van der Waals surface area contributed by atoms with E-state index in [0.29, 0.717) is 0 Å². The van der Waals surface area contributed by atoms with Crippen molar-refractivity contribution in [1.82, 2.24) is 4.90 Å². The van der Waals surface area contributed by atoms with Crippen LogP contribution >= 0.6 is 0 Å². The summed E-state index contributed by atoms with van der Waals surface area (Å²) in [6.45, 7) is 6.11. The Bertz CT molecular complexity index is 871. The SMILES string of the molecule is CC(C)[C@H]1COC(=O)N1C(=O)[C@H]1[C@@H](c2ccccc2)N(c2ccccc2)O[C@@H]1C. The van der Waals surface area contributed by atoms with Gasteiger partial charge >= 0.3 is 6.09 Å². The van der Waals surface area contributed by atoms with Crippen molar-refractivity contribution in [3.63, 3.8) is 0 Å². The standard InChI is InChI=1S/C23H26N2O4/c1-15(2)19-14-28-23(27)24(19)22(26)20-16(3)29-25(18-12-8-5-9-13-18)21(20)17-10-6-4-7-11-17/h4-13,15-16,19-21H,14H2,1-3H3/t16-,19-,20-,21-/m1/s1. The maximum atomic E-state index is 13.7. The number of carbonyl (C=O) groups excluding carboxylic acids is 2. The van der Waals surface area contributed by atoms with E-state index in [4.69, 9.17) is 9.57 Å². The molecule has 2 aromatic rings. The quantitative estimate of drug-likeness (QED) is 0.778. The fraction of sp³-hybridized carbons (Fsp3) is 0.391. The molecule has 2 aromatic carbocycles. The zero-order valence-electron chi connectivity index (χ0n) is 16.9. The Morgan fingerprint density at radius 2 is 1.66 bits per heavy atom. The van der Waals surface area contributed by atoms with E-state index in [1.54, 1.807) is 5.06 Å². The average molecular weight is 394 g/mol. The number of hydroxylamine groups is 1. The summed E-state index contributed by atoms with van der Waals surface area (Å²) in [5.74, 6) is -0.668. The maximum absolute atomic E-state index is 13.7. The molecule has 2 saturated heterocycles. The highest BCUT2D eigenvalue weighted by atomic mass is 16.7. The molecule has 0 aromatic heterocycles. The van der Waals surface area contributed by atoms with Crippen LogP contribution in [0.3, 0.4) is 0 Å². The van der Waals surface area contributed by atoms with Crippen molar-refractivity contribution in [3.8, 4) is 0 Å². The summed E-state index contributed by atoms with van der Waals surface area (Å²) < 4.78 is 5.22. The molecule has 0 unspecified atom stereocenters. The van der Waals surface area contributed by atoms with Gasteiger partial charge in [-0.2, -0.15) is 0 Å². The summed E-state index contributed by atoms with van der Waals surface area (Å²) in [5.41, 5.74) is 1.83. The largest absolute Gasteiger partial charge is 0.447 e. The number of para-hydroxylation sites is 1. The molecule has 2 amide bonds. The van der Waals surface area contributed by atoms with Crippen molar-refractivity contribution in [2.45, 2.75) is 39.0 Å². The van der Waals surface area contributed by atoms with E-state index in [1.807, 2.05) is 81.4 Å². The van der Waals surface area contributed by atoms with Gasteiger partial charge in [0.05, 0.1) is 29.8 Å². The number of benzene rings is 2. The molecule has 4 atom stereocenters. The van der Waals surface area contributed by atoms with Crippen LogP contribution in [0.2, 0.25) is 0 Å². The van der Waals surface area contributed by atoms with Gasteiger partial charge < -0.3 is 4.74 Å². The van der Waals surface area contributed by atoms with Crippen molar-refractivity contribution in [2.75, 3.05) is 11.7 Å². The van der Waals surface area contributed by atoms with Crippen LogP contribution in [0.1, 0.15) is 32.4 Å². The fourth-order valence-electron chi connectivity index (χ4n) is 4.18. The van der Waals surface area contributed by atoms with Gasteiger partial charge in [0.25, 0.3) is 0 Å². The molecule has 6 heteroatoms. The molecule has 0 radical (unpaired) electrons. The lowest BCUT2D eigenvalue weighted by Gasteiger charge is -2.30. The number of anilines is 1. The summed E-state index contributed by atoms with van der Waals surface area (Å²) >= 11 is 0. The van der Waals surface area contributed by atoms with Gasteiger partial charge in [0.2, 0.25) is 5.91 Å². The first-order valence-corrected chi connectivity index (χ1v) is 10.0. The maximum Gasteiger partial charge on any atom is 0.416 e. The molecule has 0 saturated carbocycles. The minimum atomic E-state index is -0.564. The van der Waals surface area contributed by atoms with Crippen molar-refractivity contribution >= 4 is 17.7 Å². The van der Waals surface area contributed by atoms with Gasteiger partial charge in [-0.25, -0.2) is 14.8 Å². The number of carbonyl (C=O) groups is 2. The molecule has 2 aliphatic heterocycles. The van der Waals surface area contributed by atoms with E-state index in [-0.39, 0.29) is 30.5 Å². The van der Waals surface area contributed by atoms with Gasteiger partial charge in [0.15, 0.2) is 0 Å². The van der Waals surface area contributed by atoms with E-state index in [1.165, 1.54) is 4.90 Å². The molecule has 6 nitrogen and oxygen atoms in total. The lowest BCUT2D eigenvalue weighted by molar-refractivity contribution is -0.135. The Morgan fingerprint density at radius 3 is 2.28 bits per heavy atom. The Kier molecular flexibility index (Phi) is 5.28. The third kappa shape index (κ3) is 3.49. The molecule has 4 rings (SSSR count). The second-order valence-corrected chi connectivity index (χ2v) is 7.95. The molecule has 2 aliphatic rings. The lowest BCUT2D eigenvalue weighted by atomic mass is 9.88. The Balaban J connectivity index is 1.74. The Morgan fingerprint density at radius 1 is 1.03 bits per heavy atom. The fourth-order valence-corrected chi connectivity index (χ4v) is 4.18. The predicted molar refractivity (Wildman–Crippen MR) is 109 cm³/mol. The van der Waals surface area contributed by atoms with Crippen LogP contribution < -0.4 is 5.06 Å². The summed E-state index contributed by atoms with van der Waals surface area (Å²) in [7, 11) is 0. The highest BCUT2D eigenvalue weighted by Crippen LogP contribution is 2.43. The number of imide groups is 1. The molecule has 0 aliphatic carbocycles. The van der Waals surface area contributed by atoms with Crippen molar-refractivity contribution in [3.05, 3.63) is 66.2 Å². The van der Waals surface area contributed by atoms with Gasteiger partial charge in [0.1, 0.15) is 6.61 Å². The van der Waals surface area contributed by atoms with Gasteiger partial charge in [0, 0.05) is 0 Å². The summed E-state index contributed by atoms with van der Waals surface area (Å²) in [5, 5.41) is 1.80. The number of hydrogen-bond acceptors (Lipinski definition) is 5. The van der Waals surface area contributed by atoms with E-state index < -0.39 is 18.1 Å². The molecule has 0 N–H and O–H groups in total. The second kappa shape index (κ2) is 7.87. The smallest absolute Gasteiger partial charge is 0.416 e. The van der Waals surface area contributed by atoms with Crippen LogP contribution in [-0.4, -0.2) is 35.7 Å². The minimum Gasteiger partial charge on any atom is -0.447 e. The zero-order valence-corrected chi connectivity index (χ0v) is 16.9. The predicted octanol–water partition coefficient (Wildman–Crippen LogP) is 4.19. The summed E-state index contributed by atoms with van der Waals surface area (Å²) in [6.07, 6.45) is -0.958. The average Bonchev–Trinajstić information content (AvgIpc) is 3.29. The molecular weight excluding hydrogens is 368 g/mol. The van der Waals surface area contributed by atoms with E-state index >= 15 is 0 Å². The first-order valence-electron chi connectivity index (χ1n) is 10.0. The second-order valence-electron chi connectivity index (χ2n) is 7.95. The first-order chi connectivity index (χ1) is 14.0. The normalized spacial score (nSPS) is 26.8. The Labute approximate surface area is 171 Å². The topological polar surface area (TPSA) is 59.1 Å². The van der Waals surface area contributed by atoms with Crippen LogP contribution in [0, 0.1) is 11.8 Å². The first kappa shape index (κ1) is 19.5. The number of ether oxygens (including phenoxy) is 1. The highest BCUT2D eigenvalue weighted by molar-refractivity contribution is 5.96. The third-order valence-corrected chi connectivity index (χ3v) is 5.73. The van der Waals surface area contributed by atoms with E-state index in [9.17, 15) is 9.59 Å². The van der Waals surface area contributed by atoms with Gasteiger partial charge in [-0.15, -0.1) is 0 Å². The van der Waals surface area contributed by atoms with Gasteiger partial charge in [-0.05, 0) is 30.5 Å². The molecule has 0 bridgehead atoms.